The van der Waals surface area contributed by atoms with Gasteiger partial charge in [-0.25, -0.2) is 0 Å². The van der Waals surface area contributed by atoms with Gasteiger partial charge in [0.2, 0.25) is 6.79 Å². The summed E-state index contributed by atoms with van der Waals surface area (Å²) in [5, 5.41) is 0.601. The molecule has 3 rings (SSSR count). The van der Waals surface area contributed by atoms with E-state index >= 15 is 0 Å². The number of alkyl halides is 1. The fraction of sp³-hybridized carbons (Fsp3) is 0.143. The molecule has 5 heteroatoms. The Kier molecular flexibility index (Phi) is 3.40. The number of rotatable bonds is 3. The first kappa shape index (κ1) is 12.5. The Morgan fingerprint density at radius 2 is 1.89 bits per heavy atom. The lowest BCUT2D eigenvalue weighted by Crippen LogP contribution is -1.93. The molecule has 2 aromatic rings. The van der Waals surface area contributed by atoms with E-state index in [4.69, 9.17) is 37.4 Å². The number of ether oxygens (including phenoxy) is 3. The van der Waals surface area contributed by atoms with Gasteiger partial charge < -0.3 is 14.2 Å². The van der Waals surface area contributed by atoms with Crippen LogP contribution in [0.5, 0.6) is 23.0 Å². The predicted molar refractivity (Wildman–Crippen MR) is 73.6 cm³/mol. The summed E-state index contributed by atoms with van der Waals surface area (Å²) in [5.41, 5.74) is 0.878. The molecule has 1 heterocycles. The zero-order chi connectivity index (χ0) is 13.2. The quantitative estimate of drug-likeness (QED) is 0.775. The molecule has 3 nitrogen and oxygen atoms in total. The minimum atomic E-state index is 0.239. The Hall–Kier alpha value is -1.58. The predicted octanol–water partition coefficient (Wildman–Crippen LogP) is 4.60. The number of fused-ring (bicyclic) bond motifs is 1. The van der Waals surface area contributed by atoms with E-state index in [0.29, 0.717) is 28.2 Å². The second-order valence-corrected chi connectivity index (χ2v) is 4.71. The van der Waals surface area contributed by atoms with Crippen molar-refractivity contribution in [1.82, 2.24) is 0 Å². The summed E-state index contributed by atoms with van der Waals surface area (Å²) in [4.78, 5) is 0. The minimum Gasteiger partial charge on any atom is -0.457 e. The van der Waals surface area contributed by atoms with Gasteiger partial charge in [-0.15, -0.1) is 11.6 Å². The third kappa shape index (κ3) is 2.57. The maximum Gasteiger partial charge on any atom is 0.231 e. The minimum absolute atomic E-state index is 0.239. The Morgan fingerprint density at radius 3 is 2.74 bits per heavy atom. The molecule has 2 aromatic carbocycles. The van der Waals surface area contributed by atoms with Crippen molar-refractivity contribution in [3.63, 3.8) is 0 Å². The summed E-state index contributed by atoms with van der Waals surface area (Å²) in [6, 6.07) is 10.8. The third-order valence-corrected chi connectivity index (χ3v) is 3.27. The van der Waals surface area contributed by atoms with Gasteiger partial charge in [-0.2, -0.15) is 0 Å². The molecule has 0 aliphatic carbocycles. The fourth-order valence-electron chi connectivity index (χ4n) is 1.80. The van der Waals surface area contributed by atoms with Crippen molar-refractivity contribution in [2.45, 2.75) is 5.88 Å². The third-order valence-electron chi connectivity index (χ3n) is 2.75. The average Bonchev–Trinajstić information content (AvgIpc) is 2.86. The van der Waals surface area contributed by atoms with Crippen LogP contribution in [-0.2, 0) is 5.88 Å². The van der Waals surface area contributed by atoms with Crippen LogP contribution in [0.2, 0.25) is 5.02 Å². The van der Waals surface area contributed by atoms with Crippen molar-refractivity contribution < 1.29 is 14.2 Å². The van der Waals surface area contributed by atoms with E-state index < -0.39 is 0 Å². The van der Waals surface area contributed by atoms with E-state index in [1.807, 2.05) is 18.2 Å². The lowest BCUT2D eigenvalue weighted by molar-refractivity contribution is 0.174. The molecule has 0 fully saturated rings. The van der Waals surface area contributed by atoms with Crippen LogP contribution in [0.1, 0.15) is 5.56 Å². The second kappa shape index (κ2) is 5.19. The maximum atomic E-state index is 5.97. The SMILES string of the molecule is ClCc1ccc(Cl)cc1Oc1ccc2c(c1)OCO2. The summed E-state index contributed by atoms with van der Waals surface area (Å²) in [7, 11) is 0. The van der Waals surface area contributed by atoms with Crippen molar-refractivity contribution >= 4 is 23.2 Å². The fourth-order valence-corrected chi connectivity index (χ4v) is 2.18. The van der Waals surface area contributed by atoms with Crippen LogP contribution < -0.4 is 14.2 Å². The molecule has 0 N–H and O–H groups in total. The molecule has 0 saturated carbocycles. The van der Waals surface area contributed by atoms with Gasteiger partial charge in [0.05, 0.1) is 5.88 Å². The summed E-state index contributed by atoms with van der Waals surface area (Å²) >= 11 is 11.8. The van der Waals surface area contributed by atoms with Crippen LogP contribution in [-0.4, -0.2) is 6.79 Å². The van der Waals surface area contributed by atoms with Crippen LogP contribution in [0.4, 0.5) is 0 Å². The zero-order valence-corrected chi connectivity index (χ0v) is 11.4. The second-order valence-electron chi connectivity index (χ2n) is 4.00. The van der Waals surface area contributed by atoms with Gasteiger partial charge in [-0.05, 0) is 24.3 Å². The highest BCUT2D eigenvalue weighted by Gasteiger charge is 2.14. The van der Waals surface area contributed by atoms with Gasteiger partial charge in [-0.3, -0.25) is 0 Å². The molecule has 0 unspecified atom stereocenters. The normalized spacial score (nSPS) is 12.5. The Bertz CT molecular complexity index is 614. The molecule has 0 amide bonds. The Balaban J connectivity index is 1.90. The van der Waals surface area contributed by atoms with Crippen molar-refractivity contribution in [2.24, 2.45) is 0 Å². The summed E-state index contributed by atoms with van der Waals surface area (Å²) in [6.07, 6.45) is 0. The molecule has 0 radical (unpaired) electrons. The molecule has 1 aliphatic heterocycles. The summed E-state index contributed by atoms with van der Waals surface area (Å²) in [5.74, 6) is 3.04. The van der Waals surface area contributed by atoms with Gasteiger partial charge in [0.1, 0.15) is 11.5 Å². The Labute approximate surface area is 120 Å². The van der Waals surface area contributed by atoms with E-state index in [-0.39, 0.29) is 6.79 Å². The zero-order valence-electron chi connectivity index (χ0n) is 9.86. The molecule has 0 saturated heterocycles. The van der Waals surface area contributed by atoms with Crippen LogP contribution in [0, 0.1) is 0 Å². The van der Waals surface area contributed by atoms with Crippen LogP contribution in [0.25, 0.3) is 0 Å². The van der Waals surface area contributed by atoms with E-state index in [0.717, 1.165) is 11.3 Å². The maximum absolute atomic E-state index is 5.97. The van der Waals surface area contributed by atoms with Crippen LogP contribution in [0.15, 0.2) is 36.4 Å². The van der Waals surface area contributed by atoms with E-state index in [1.54, 1.807) is 18.2 Å². The summed E-state index contributed by atoms with van der Waals surface area (Å²) in [6.45, 7) is 0.239. The highest BCUT2D eigenvalue weighted by atomic mass is 35.5. The smallest absolute Gasteiger partial charge is 0.231 e. The van der Waals surface area contributed by atoms with Crippen molar-refractivity contribution in [3.05, 3.63) is 47.0 Å². The standard InChI is InChI=1S/C14H10Cl2O3/c15-7-9-1-2-10(16)5-13(9)19-11-3-4-12-14(6-11)18-8-17-12/h1-6H,7-8H2. The molecular weight excluding hydrogens is 287 g/mol. The number of hydrogen-bond acceptors (Lipinski definition) is 3. The average molecular weight is 297 g/mol. The van der Waals surface area contributed by atoms with Gasteiger partial charge in [0.15, 0.2) is 11.5 Å². The molecular formula is C14H10Cl2O3. The first-order valence-electron chi connectivity index (χ1n) is 5.68. The van der Waals surface area contributed by atoms with Gasteiger partial charge >= 0.3 is 0 Å². The first-order chi connectivity index (χ1) is 9.26. The van der Waals surface area contributed by atoms with Crippen molar-refractivity contribution in [3.8, 4) is 23.0 Å². The van der Waals surface area contributed by atoms with Crippen LogP contribution in [0.3, 0.4) is 0 Å². The molecule has 98 valence electrons. The van der Waals surface area contributed by atoms with Gasteiger partial charge in [-0.1, -0.05) is 17.7 Å². The van der Waals surface area contributed by atoms with Crippen molar-refractivity contribution in [2.75, 3.05) is 6.79 Å². The number of halogens is 2. The summed E-state index contributed by atoms with van der Waals surface area (Å²) < 4.78 is 16.4. The van der Waals surface area contributed by atoms with Gasteiger partial charge in [0.25, 0.3) is 0 Å². The van der Waals surface area contributed by atoms with E-state index in [1.165, 1.54) is 0 Å². The lowest BCUT2D eigenvalue weighted by atomic mass is 10.2. The number of hydrogen-bond donors (Lipinski definition) is 0. The first-order valence-corrected chi connectivity index (χ1v) is 6.59. The lowest BCUT2D eigenvalue weighted by Gasteiger charge is -2.10. The topological polar surface area (TPSA) is 27.7 Å². The molecule has 19 heavy (non-hydrogen) atoms. The molecule has 0 spiro atoms. The molecule has 1 aliphatic rings. The molecule has 0 atom stereocenters. The monoisotopic (exact) mass is 296 g/mol. The highest BCUT2D eigenvalue weighted by molar-refractivity contribution is 6.30. The van der Waals surface area contributed by atoms with E-state index in [2.05, 4.69) is 0 Å². The highest BCUT2D eigenvalue weighted by Crippen LogP contribution is 2.37. The molecule has 0 bridgehead atoms. The molecule has 0 aromatic heterocycles. The number of benzene rings is 2. The van der Waals surface area contributed by atoms with Gasteiger partial charge in [0, 0.05) is 16.7 Å². The Morgan fingerprint density at radius 1 is 1.05 bits per heavy atom. The van der Waals surface area contributed by atoms with Crippen LogP contribution >= 0.6 is 23.2 Å². The van der Waals surface area contributed by atoms with E-state index in [9.17, 15) is 0 Å². The largest absolute Gasteiger partial charge is 0.457 e. The van der Waals surface area contributed by atoms with Crippen molar-refractivity contribution in [1.29, 1.82) is 0 Å².